The van der Waals surface area contributed by atoms with E-state index in [9.17, 15) is 25.5 Å². The molecule has 3 aromatic rings. The summed E-state index contributed by atoms with van der Waals surface area (Å²) in [5.41, 5.74) is 1.31. The van der Waals surface area contributed by atoms with Crippen molar-refractivity contribution in [3.05, 3.63) is 108 Å². The zero-order valence-electron chi connectivity index (χ0n) is 18.4. The Labute approximate surface area is 194 Å². The molecule has 0 radical (unpaired) electrons. The van der Waals surface area contributed by atoms with Crippen LogP contribution in [0, 0.1) is 0 Å². The van der Waals surface area contributed by atoms with Crippen molar-refractivity contribution in [3.63, 3.8) is 0 Å². The van der Waals surface area contributed by atoms with Crippen molar-refractivity contribution in [3.8, 4) is 0 Å². The van der Waals surface area contributed by atoms with Crippen LogP contribution in [-0.4, -0.2) is 62.2 Å². The Morgan fingerprint density at radius 1 is 0.606 bits per heavy atom. The van der Waals surface area contributed by atoms with E-state index in [-0.39, 0.29) is 19.4 Å². The molecule has 4 atom stereocenters. The van der Waals surface area contributed by atoms with Crippen LogP contribution in [0.25, 0.3) is 0 Å². The molecule has 0 unspecified atom stereocenters. The molecule has 0 saturated heterocycles. The smallest absolute Gasteiger partial charge is 0.112 e. The summed E-state index contributed by atoms with van der Waals surface area (Å²) in [6.45, 7) is -0.580. The maximum Gasteiger partial charge on any atom is 0.112 e. The van der Waals surface area contributed by atoms with Crippen LogP contribution in [0.1, 0.15) is 16.7 Å². The minimum atomic E-state index is -1.75. The van der Waals surface area contributed by atoms with E-state index < -0.39 is 36.6 Å². The van der Waals surface area contributed by atoms with Gasteiger partial charge in [-0.3, -0.25) is 0 Å². The molecule has 3 rings (SSSR count). The van der Waals surface area contributed by atoms with Crippen LogP contribution in [-0.2, 0) is 24.2 Å². The van der Waals surface area contributed by atoms with Crippen molar-refractivity contribution < 1.29 is 30.3 Å². The van der Waals surface area contributed by atoms with Crippen LogP contribution in [0.3, 0.4) is 0 Å². The quantitative estimate of drug-likeness (QED) is 0.287. The van der Waals surface area contributed by atoms with E-state index in [0.717, 1.165) is 16.7 Å². The first-order chi connectivity index (χ1) is 15.9. The molecule has 176 valence electrons. The van der Waals surface area contributed by atoms with Gasteiger partial charge in [-0.25, -0.2) is 0 Å². The summed E-state index contributed by atoms with van der Waals surface area (Å²) < 4.78 is 6.40. The van der Waals surface area contributed by atoms with Crippen molar-refractivity contribution in [1.29, 1.82) is 0 Å². The van der Waals surface area contributed by atoms with Crippen molar-refractivity contribution in [2.75, 3.05) is 6.61 Å². The van der Waals surface area contributed by atoms with Crippen molar-refractivity contribution in [1.82, 2.24) is 0 Å². The lowest BCUT2D eigenvalue weighted by Gasteiger charge is -2.42. The second kappa shape index (κ2) is 12.0. The molecular formula is C27H32O6. The molecule has 6 nitrogen and oxygen atoms in total. The van der Waals surface area contributed by atoms with Gasteiger partial charge in [-0.05, 0) is 16.7 Å². The van der Waals surface area contributed by atoms with Crippen LogP contribution >= 0.6 is 0 Å². The summed E-state index contributed by atoms with van der Waals surface area (Å²) in [4.78, 5) is 0. The van der Waals surface area contributed by atoms with E-state index in [1.807, 2.05) is 91.0 Å². The second-order valence-electron chi connectivity index (χ2n) is 8.34. The monoisotopic (exact) mass is 452 g/mol. The Morgan fingerprint density at radius 2 is 1.03 bits per heavy atom. The van der Waals surface area contributed by atoms with Crippen LogP contribution in [0.2, 0.25) is 0 Å². The molecule has 0 saturated carbocycles. The molecule has 0 fully saturated rings. The molecule has 33 heavy (non-hydrogen) atoms. The molecule has 5 N–H and O–H groups in total. The number of hydrogen-bond donors (Lipinski definition) is 5. The third kappa shape index (κ3) is 6.71. The topological polar surface area (TPSA) is 110 Å². The molecule has 3 aromatic carbocycles. The Kier molecular flexibility index (Phi) is 9.14. The summed E-state index contributed by atoms with van der Waals surface area (Å²) in [5.74, 6) is 0. The van der Waals surface area contributed by atoms with Crippen molar-refractivity contribution in [2.45, 2.75) is 49.5 Å². The van der Waals surface area contributed by atoms with E-state index in [1.165, 1.54) is 0 Å². The Bertz CT molecular complexity index is 893. The second-order valence-corrected chi connectivity index (χ2v) is 8.34. The standard InChI is InChI=1S/C27H32O6/c28-18-23(29)24(30)25(31)26(32)27(16-20-10-4-1-5-11-20,17-21-12-6-2-7-13-21)33-19-22-14-8-3-9-15-22/h1-15,23-26,28-32H,16-19H2/t23-,24-,25+,26-/m1/s1. The maximum atomic E-state index is 11.4. The minimum absolute atomic E-state index is 0.170. The fourth-order valence-electron chi connectivity index (χ4n) is 3.98. The van der Waals surface area contributed by atoms with Gasteiger partial charge in [-0.2, -0.15) is 0 Å². The molecule has 0 aromatic heterocycles. The summed E-state index contributed by atoms with van der Waals surface area (Å²) in [7, 11) is 0. The van der Waals surface area contributed by atoms with Gasteiger partial charge in [-0.1, -0.05) is 91.0 Å². The van der Waals surface area contributed by atoms with Gasteiger partial charge >= 0.3 is 0 Å². The number of hydrogen-bond acceptors (Lipinski definition) is 6. The lowest BCUT2D eigenvalue weighted by molar-refractivity contribution is -0.196. The SMILES string of the molecule is OC[C@@H](O)[C@@H](O)[C@H](O)[C@@H](O)C(Cc1ccccc1)(Cc1ccccc1)OCc1ccccc1. The first-order valence-electron chi connectivity index (χ1n) is 11.0. The Hall–Kier alpha value is -2.58. The third-order valence-electron chi connectivity index (χ3n) is 5.86. The van der Waals surface area contributed by atoms with E-state index >= 15 is 0 Å². The fourth-order valence-corrected chi connectivity index (χ4v) is 3.98. The van der Waals surface area contributed by atoms with Gasteiger partial charge < -0.3 is 30.3 Å². The number of aliphatic hydroxyl groups excluding tert-OH is 5. The average molecular weight is 453 g/mol. The molecule has 0 aliphatic rings. The minimum Gasteiger partial charge on any atom is -0.394 e. The maximum absolute atomic E-state index is 11.4. The van der Waals surface area contributed by atoms with Gasteiger partial charge in [0.2, 0.25) is 0 Å². The normalized spacial score (nSPS) is 15.5. The molecular weight excluding hydrogens is 420 g/mol. The summed E-state index contributed by atoms with van der Waals surface area (Å²) in [6, 6.07) is 28.4. The summed E-state index contributed by atoms with van der Waals surface area (Å²) in [6.07, 6.45) is -6.19. The molecule has 0 spiro atoms. The van der Waals surface area contributed by atoms with Gasteiger partial charge in [0.1, 0.15) is 30.0 Å². The number of rotatable bonds is 12. The summed E-state index contributed by atoms with van der Waals surface area (Å²) >= 11 is 0. The van der Waals surface area contributed by atoms with E-state index in [0.29, 0.717) is 0 Å². The van der Waals surface area contributed by atoms with E-state index in [1.54, 1.807) is 0 Å². The Balaban J connectivity index is 2.01. The van der Waals surface area contributed by atoms with Crippen LogP contribution in [0.15, 0.2) is 91.0 Å². The van der Waals surface area contributed by atoms with Gasteiger partial charge in [0.15, 0.2) is 0 Å². The van der Waals surface area contributed by atoms with E-state index in [4.69, 9.17) is 4.74 Å². The molecule has 0 amide bonds. The highest BCUT2D eigenvalue weighted by atomic mass is 16.5. The number of benzene rings is 3. The predicted molar refractivity (Wildman–Crippen MR) is 125 cm³/mol. The summed E-state index contributed by atoms with van der Waals surface area (Å²) in [5, 5.41) is 51.7. The van der Waals surface area contributed by atoms with Gasteiger partial charge in [0.25, 0.3) is 0 Å². The Morgan fingerprint density at radius 3 is 1.45 bits per heavy atom. The first kappa shape index (κ1) is 25.1. The van der Waals surface area contributed by atoms with Crippen LogP contribution in [0.4, 0.5) is 0 Å². The highest BCUT2D eigenvalue weighted by Gasteiger charge is 2.46. The molecule has 0 heterocycles. The van der Waals surface area contributed by atoms with Gasteiger partial charge in [0.05, 0.1) is 13.2 Å². The average Bonchev–Trinajstić information content (AvgIpc) is 2.87. The zero-order chi connectivity index (χ0) is 23.7. The lowest BCUT2D eigenvalue weighted by Crippen LogP contribution is -2.59. The highest BCUT2D eigenvalue weighted by Crippen LogP contribution is 2.31. The molecule has 0 aliphatic carbocycles. The van der Waals surface area contributed by atoms with Gasteiger partial charge in [0, 0.05) is 12.8 Å². The molecule has 6 heteroatoms. The zero-order valence-corrected chi connectivity index (χ0v) is 18.4. The van der Waals surface area contributed by atoms with Crippen molar-refractivity contribution in [2.24, 2.45) is 0 Å². The van der Waals surface area contributed by atoms with Crippen LogP contribution < -0.4 is 0 Å². The fraction of sp³-hybridized carbons (Fsp3) is 0.333. The lowest BCUT2D eigenvalue weighted by atomic mass is 9.79. The number of ether oxygens (including phenoxy) is 1. The largest absolute Gasteiger partial charge is 0.394 e. The van der Waals surface area contributed by atoms with Crippen LogP contribution in [0.5, 0.6) is 0 Å². The van der Waals surface area contributed by atoms with Gasteiger partial charge in [-0.15, -0.1) is 0 Å². The number of aliphatic hydroxyl groups is 5. The third-order valence-corrected chi connectivity index (χ3v) is 5.86. The molecule has 0 bridgehead atoms. The van der Waals surface area contributed by atoms with Crippen molar-refractivity contribution >= 4 is 0 Å². The first-order valence-corrected chi connectivity index (χ1v) is 11.0. The highest BCUT2D eigenvalue weighted by molar-refractivity contribution is 5.24. The molecule has 0 aliphatic heterocycles. The van der Waals surface area contributed by atoms with E-state index in [2.05, 4.69) is 0 Å². The predicted octanol–water partition coefficient (Wildman–Crippen LogP) is 1.86.